The van der Waals surface area contributed by atoms with Gasteiger partial charge < -0.3 is 11.5 Å². The molecular formula is C38H54N4O4. The SMILES string of the molecule is CC(C)c1ccc(N)cc1.CC(C)c1ccc([N+](=O)[O-])cc1.CCC.Cc1cc(C(C)C)ccc1N.Cc1ccc([N+](=O)[O-])cc1. The lowest BCUT2D eigenvalue weighted by atomic mass is 10.0. The summed E-state index contributed by atoms with van der Waals surface area (Å²) in [5.74, 6) is 1.61. The Hall–Kier alpha value is -4.72. The van der Waals surface area contributed by atoms with Gasteiger partial charge in [0.1, 0.15) is 0 Å². The number of aryl methyl sites for hydroxylation is 2. The van der Waals surface area contributed by atoms with Crippen molar-refractivity contribution in [1.29, 1.82) is 0 Å². The van der Waals surface area contributed by atoms with Crippen molar-refractivity contribution in [3.05, 3.63) is 139 Å². The van der Waals surface area contributed by atoms with Crippen LogP contribution in [0.1, 0.15) is 107 Å². The lowest BCUT2D eigenvalue weighted by Crippen LogP contribution is -1.92. The third-order valence-electron chi connectivity index (χ3n) is 6.58. The first kappa shape index (κ1) is 41.3. The topological polar surface area (TPSA) is 138 Å². The number of rotatable bonds is 5. The van der Waals surface area contributed by atoms with Gasteiger partial charge in [-0.3, -0.25) is 20.2 Å². The number of hydrogen-bond acceptors (Lipinski definition) is 6. The average Bonchev–Trinajstić information content (AvgIpc) is 3.00. The molecule has 0 aliphatic carbocycles. The number of non-ortho nitro benzene ring substituents is 2. The largest absolute Gasteiger partial charge is 0.399 e. The monoisotopic (exact) mass is 630 g/mol. The Kier molecular flexibility index (Phi) is 19.6. The van der Waals surface area contributed by atoms with E-state index in [-0.39, 0.29) is 16.3 Å². The Bertz CT molecular complexity index is 1430. The number of nitro groups is 2. The van der Waals surface area contributed by atoms with E-state index in [1.54, 1.807) is 24.3 Å². The second kappa shape index (κ2) is 21.9. The fraction of sp³-hybridized carbons (Fsp3) is 0.368. The van der Waals surface area contributed by atoms with Gasteiger partial charge in [0.15, 0.2) is 0 Å². The van der Waals surface area contributed by atoms with Gasteiger partial charge in [-0.25, -0.2) is 0 Å². The Morgan fingerprint density at radius 2 is 0.891 bits per heavy atom. The van der Waals surface area contributed by atoms with Crippen LogP contribution in [0.25, 0.3) is 0 Å². The van der Waals surface area contributed by atoms with Crippen molar-refractivity contribution in [2.75, 3.05) is 11.5 Å². The third kappa shape index (κ3) is 16.9. The van der Waals surface area contributed by atoms with Gasteiger partial charge in [-0.05, 0) is 72.1 Å². The highest BCUT2D eigenvalue weighted by molar-refractivity contribution is 5.48. The van der Waals surface area contributed by atoms with Crippen LogP contribution in [0.15, 0.2) is 91.0 Å². The molecule has 250 valence electrons. The highest BCUT2D eigenvalue weighted by Crippen LogP contribution is 2.20. The minimum Gasteiger partial charge on any atom is -0.399 e. The van der Waals surface area contributed by atoms with E-state index in [4.69, 9.17) is 11.5 Å². The molecule has 46 heavy (non-hydrogen) atoms. The Morgan fingerprint density at radius 1 is 0.565 bits per heavy atom. The van der Waals surface area contributed by atoms with E-state index >= 15 is 0 Å². The summed E-state index contributed by atoms with van der Waals surface area (Å²) in [7, 11) is 0. The second-order valence-corrected chi connectivity index (χ2v) is 11.9. The van der Waals surface area contributed by atoms with E-state index in [9.17, 15) is 20.2 Å². The van der Waals surface area contributed by atoms with E-state index in [1.165, 1.54) is 47.4 Å². The van der Waals surface area contributed by atoms with Crippen LogP contribution in [0.5, 0.6) is 0 Å². The summed E-state index contributed by atoms with van der Waals surface area (Å²) in [6.45, 7) is 21.0. The number of benzene rings is 4. The van der Waals surface area contributed by atoms with Gasteiger partial charge in [0, 0.05) is 35.6 Å². The molecule has 0 radical (unpaired) electrons. The number of nitro benzene ring substituents is 2. The summed E-state index contributed by atoms with van der Waals surface area (Å²) < 4.78 is 0. The fourth-order valence-corrected chi connectivity index (χ4v) is 3.59. The van der Waals surface area contributed by atoms with Crippen LogP contribution < -0.4 is 11.5 Å². The number of anilines is 2. The fourth-order valence-electron chi connectivity index (χ4n) is 3.59. The molecule has 0 unspecified atom stereocenters. The number of nitrogens with zero attached hydrogens (tertiary/aromatic N) is 2. The average molecular weight is 631 g/mol. The second-order valence-electron chi connectivity index (χ2n) is 11.9. The van der Waals surface area contributed by atoms with E-state index in [0.29, 0.717) is 17.8 Å². The molecule has 4 rings (SSSR count). The zero-order chi connectivity index (χ0) is 35.4. The summed E-state index contributed by atoms with van der Waals surface area (Å²) >= 11 is 0. The molecule has 0 heterocycles. The predicted molar refractivity (Wildman–Crippen MR) is 196 cm³/mol. The molecule has 4 aromatic carbocycles. The lowest BCUT2D eigenvalue weighted by Gasteiger charge is -2.07. The molecule has 0 aromatic heterocycles. The first-order valence-corrected chi connectivity index (χ1v) is 15.7. The summed E-state index contributed by atoms with van der Waals surface area (Å²) in [4.78, 5) is 19.6. The quantitative estimate of drug-likeness (QED) is 0.128. The molecule has 0 spiro atoms. The first-order chi connectivity index (χ1) is 21.5. The van der Waals surface area contributed by atoms with Crippen molar-refractivity contribution >= 4 is 22.7 Å². The molecule has 0 saturated heterocycles. The maximum absolute atomic E-state index is 10.3. The lowest BCUT2D eigenvalue weighted by molar-refractivity contribution is -0.385. The Balaban J connectivity index is 0.000000571. The maximum atomic E-state index is 10.3. The van der Waals surface area contributed by atoms with Crippen LogP contribution >= 0.6 is 0 Å². The minimum absolute atomic E-state index is 0.144. The van der Waals surface area contributed by atoms with Crippen molar-refractivity contribution < 1.29 is 9.85 Å². The van der Waals surface area contributed by atoms with E-state index in [0.717, 1.165) is 22.5 Å². The maximum Gasteiger partial charge on any atom is 0.269 e. The van der Waals surface area contributed by atoms with Gasteiger partial charge in [0.05, 0.1) is 9.85 Å². The van der Waals surface area contributed by atoms with Crippen molar-refractivity contribution in [3.8, 4) is 0 Å². The van der Waals surface area contributed by atoms with Crippen molar-refractivity contribution in [2.45, 2.75) is 93.4 Å². The van der Waals surface area contributed by atoms with Gasteiger partial charge in [0.25, 0.3) is 11.4 Å². The van der Waals surface area contributed by atoms with Crippen LogP contribution in [-0.4, -0.2) is 9.85 Å². The van der Waals surface area contributed by atoms with Crippen LogP contribution in [0, 0.1) is 34.1 Å². The normalized spacial score (nSPS) is 9.85. The van der Waals surface area contributed by atoms with Gasteiger partial charge in [-0.15, -0.1) is 0 Å². The smallest absolute Gasteiger partial charge is 0.269 e. The van der Waals surface area contributed by atoms with Crippen LogP contribution in [0.3, 0.4) is 0 Å². The Labute approximate surface area is 276 Å². The molecule has 0 bridgehead atoms. The van der Waals surface area contributed by atoms with E-state index in [1.807, 2.05) is 32.0 Å². The molecule has 8 heteroatoms. The van der Waals surface area contributed by atoms with Gasteiger partial charge in [0.2, 0.25) is 0 Å². The molecule has 0 amide bonds. The summed E-state index contributed by atoms with van der Waals surface area (Å²) in [6.07, 6.45) is 1.25. The van der Waals surface area contributed by atoms with Crippen molar-refractivity contribution in [1.82, 2.24) is 0 Å². The van der Waals surface area contributed by atoms with Gasteiger partial charge in [-0.1, -0.05) is 116 Å². The third-order valence-corrected chi connectivity index (χ3v) is 6.58. The molecule has 4 aromatic rings. The summed E-state index contributed by atoms with van der Waals surface area (Å²) in [5, 5.41) is 20.4. The molecule has 4 N–H and O–H groups in total. The minimum atomic E-state index is -0.403. The Morgan fingerprint density at radius 3 is 1.22 bits per heavy atom. The molecule has 0 atom stereocenters. The van der Waals surface area contributed by atoms with E-state index < -0.39 is 4.92 Å². The molecule has 8 nitrogen and oxygen atoms in total. The standard InChI is InChI=1S/C10H15N.C9H11NO2.C9H13N.C7H7NO2.C3H8/c1-7(2)9-4-5-10(11)8(3)6-9;1-7(2)8-3-5-9(6-4-8)10(11)12;1-7(2)8-3-5-9(10)6-4-8;1-6-2-4-7(5-3-6)8(9)10;1-3-2/h4-7H,11H2,1-3H3;3-7H,1-2H3;3-7H,10H2,1-2H3;2-5H,1H3;3H2,1-2H3. The zero-order valence-corrected chi connectivity index (χ0v) is 29.3. The zero-order valence-electron chi connectivity index (χ0n) is 29.3. The van der Waals surface area contributed by atoms with Crippen molar-refractivity contribution in [2.24, 2.45) is 0 Å². The summed E-state index contributed by atoms with van der Waals surface area (Å²) in [6, 6.07) is 27.3. The highest BCUT2D eigenvalue weighted by atomic mass is 16.6. The van der Waals surface area contributed by atoms with Gasteiger partial charge >= 0.3 is 0 Å². The van der Waals surface area contributed by atoms with Gasteiger partial charge in [-0.2, -0.15) is 0 Å². The van der Waals surface area contributed by atoms with Crippen LogP contribution in [0.4, 0.5) is 22.7 Å². The number of nitrogen functional groups attached to an aromatic ring is 2. The van der Waals surface area contributed by atoms with Crippen LogP contribution in [0.2, 0.25) is 0 Å². The van der Waals surface area contributed by atoms with Crippen LogP contribution in [-0.2, 0) is 0 Å². The summed E-state index contributed by atoms with van der Waals surface area (Å²) in [5.41, 5.74) is 19.3. The molecule has 0 fully saturated rings. The predicted octanol–water partition coefficient (Wildman–Crippen LogP) is 11.1. The molecule has 0 aliphatic heterocycles. The molecular weight excluding hydrogens is 576 g/mol. The highest BCUT2D eigenvalue weighted by Gasteiger charge is 2.05. The number of hydrogen-bond donors (Lipinski definition) is 2. The number of nitrogens with two attached hydrogens (primary N) is 2. The first-order valence-electron chi connectivity index (χ1n) is 15.7. The van der Waals surface area contributed by atoms with E-state index in [2.05, 4.69) is 79.7 Å². The molecule has 0 saturated carbocycles. The van der Waals surface area contributed by atoms with Crippen molar-refractivity contribution in [3.63, 3.8) is 0 Å². The molecule has 0 aliphatic rings.